The Balaban J connectivity index is 0.000000223. The Hall–Kier alpha value is -7.11. The molecule has 0 fully saturated rings. The molecular formula is C66H59IrN3O2-2. The number of rotatable bonds is 7. The van der Waals surface area contributed by atoms with Gasteiger partial charge in [0, 0.05) is 59.0 Å². The SMILES string of the molecule is CC(C)c1cc(-c2ccccc2)cc(C(C)C)c1-n1c(-c2[c-]ccc3c2oc2cc4c(cc23)oc2ccccc24)nc2ccc3ccccc3c21.[2H]C([2H])([2H])c1c[c-]c(-c2cc(C(C)(C)C)c(C([2H])(C)C)cn2)cc1.[Ir]. The first-order valence-electron chi connectivity index (χ1n) is 26.6. The molecule has 5 nitrogen and oxygen atoms in total. The van der Waals surface area contributed by atoms with Crippen LogP contribution in [0.4, 0.5) is 0 Å². The second kappa shape index (κ2) is 19.1. The summed E-state index contributed by atoms with van der Waals surface area (Å²) in [5.41, 5.74) is 16.0. The van der Waals surface area contributed by atoms with E-state index in [0.29, 0.717) is 0 Å². The zero-order chi connectivity index (χ0) is 52.7. The molecule has 0 amide bonds. The molecule has 0 atom stereocenters. The number of nitrogens with zero attached hydrogens (tertiary/aromatic N) is 3. The third-order valence-electron chi connectivity index (χ3n) is 13.8. The number of furan rings is 2. The minimum atomic E-state index is -2.13. The van der Waals surface area contributed by atoms with Crippen molar-refractivity contribution in [1.29, 1.82) is 0 Å². The minimum absolute atomic E-state index is 0. The van der Waals surface area contributed by atoms with Crippen LogP contribution in [0.15, 0.2) is 167 Å². The second-order valence-corrected chi connectivity index (χ2v) is 20.6. The second-order valence-electron chi connectivity index (χ2n) is 20.6. The standard InChI is InChI=1S/C47H35N2O2.C19H24N.Ir/c1-27(2)36-23-31(29-13-6-5-7-14-29)24-37(28(3)4)44(36)49-45-32-16-9-8-15-30(32)21-22-40(45)48-47(49)35-19-12-18-34-39-26-42-38(25-43(39)51-46(34)35)33-17-10-11-20-41(33)50-42;1-13(2)16-12-20-18(11-17(16)19(4,5)6)15-9-7-14(3)8-10-15;/h5-18,20-28H,1-4H3;7-9,11-13H,1-6H3;/q2*-1;/i;3D3,13D;. The first-order valence-corrected chi connectivity index (χ1v) is 24.6. The molecule has 72 heavy (non-hydrogen) atoms. The number of hydrogen-bond acceptors (Lipinski definition) is 4. The third kappa shape index (κ3) is 8.65. The molecule has 6 heteroatoms. The van der Waals surface area contributed by atoms with Crippen LogP contribution in [0.5, 0.6) is 0 Å². The van der Waals surface area contributed by atoms with Crippen molar-refractivity contribution in [2.24, 2.45) is 0 Å². The molecule has 0 spiro atoms. The number of aryl methyl sites for hydroxylation is 1. The molecule has 0 aliphatic heterocycles. The van der Waals surface area contributed by atoms with Crippen molar-refractivity contribution in [3.05, 3.63) is 198 Å². The van der Waals surface area contributed by atoms with E-state index in [4.69, 9.17) is 19.3 Å². The van der Waals surface area contributed by atoms with Crippen LogP contribution in [-0.2, 0) is 25.5 Å². The van der Waals surface area contributed by atoms with Crippen molar-refractivity contribution in [3.8, 4) is 39.5 Å². The minimum Gasteiger partial charge on any atom is -0.501 e. The van der Waals surface area contributed by atoms with E-state index in [1.54, 1.807) is 18.3 Å². The monoisotopic (exact) mass is 1120 g/mol. The molecule has 8 aromatic carbocycles. The van der Waals surface area contributed by atoms with Crippen molar-refractivity contribution < 1.29 is 34.4 Å². The van der Waals surface area contributed by atoms with Crippen LogP contribution in [0.1, 0.15) is 113 Å². The van der Waals surface area contributed by atoms with Crippen LogP contribution >= 0.6 is 0 Å². The van der Waals surface area contributed by atoms with Crippen LogP contribution in [0.25, 0.3) is 105 Å². The van der Waals surface area contributed by atoms with Gasteiger partial charge in [0.15, 0.2) is 0 Å². The Morgan fingerprint density at radius 1 is 0.625 bits per heavy atom. The van der Waals surface area contributed by atoms with E-state index in [0.717, 1.165) is 94.1 Å². The quantitative estimate of drug-likeness (QED) is 0.149. The van der Waals surface area contributed by atoms with Gasteiger partial charge in [0.2, 0.25) is 0 Å². The van der Waals surface area contributed by atoms with E-state index >= 15 is 0 Å². The predicted octanol–water partition coefficient (Wildman–Crippen LogP) is 18.6. The van der Waals surface area contributed by atoms with Gasteiger partial charge in [0.1, 0.15) is 16.7 Å². The van der Waals surface area contributed by atoms with Crippen molar-refractivity contribution in [3.63, 3.8) is 0 Å². The summed E-state index contributed by atoms with van der Waals surface area (Å²) in [6.45, 7) is 17.1. The van der Waals surface area contributed by atoms with E-state index in [2.05, 4.69) is 173 Å². The summed E-state index contributed by atoms with van der Waals surface area (Å²) >= 11 is 0. The summed E-state index contributed by atoms with van der Waals surface area (Å²) in [5.74, 6) is 0.579. The number of benzene rings is 8. The topological polar surface area (TPSA) is 57.0 Å². The smallest absolute Gasteiger partial charge is 0.136 e. The first kappa shape index (κ1) is 43.7. The summed E-state index contributed by atoms with van der Waals surface area (Å²) in [7, 11) is 0. The van der Waals surface area contributed by atoms with Gasteiger partial charge in [-0.15, -0.1) is 53.6 Å². The molecule has 12 aromatic rings. The summed E-state index contributed by atoms with van der Waals surface area (Å²) < 4.78 is 46.2. The first-order chi connectivity index (χ1) is 35.7. The maximum Gasteiger partial charge on any atom is 0.136 e. The van der Waals surface area contributed by atoms with Gasteiger partial charge < -0.3 is 18.4 Å². The molecule has 0 bridgehead atoms. The summed E-state index contributed by atoms with van der Waals surface area (Å²) in [5, 5.41) is 6.49. The zero-order valence-electron chi connectivity index (χ0n) is 46.2. The van der Waals surface area contributed by atoms with E-state index in [9.17, 15) is 0 Å². The van der Waals surface area contributed by atoms with E-state index < -0.39 is 12.7 Å². The Morgan fingerprint density at radius 3 is 1.99 bits per heavy atom. The van der Waals surface area contributed by atoms with Gasteiger partial charge >= 0.3 is 0 Å². The largest absolute Gasteiger partial charge is 0.501 e. The molecule has 0 aliphatic rings. The molecule has 1 radical (unpaired) electrons. The number of para-hydroxylation sites is 1. The van der Waals surface area contributed by atoms with Gasteiger partial charge in [-0.25, -0.2) is 0 Å². The fourth-order valence-electron chi connectivity index (χ4n) is 10.2. The number of imidazole rings is 1. The van der Waals surface area contributed by atoms with Crippen LogP contribution in [0, 0.1) is 19.0 Å². The maximum atomic E-state index is 8.36. The molecule has 0 aliphatic carbocycles. The maximum absolute atomic E-state index is 8.36. The van der Waals surface area contributed by atoms with Gasteiger partial charge in [-0.2, -0.15) is 0 Å². The summed E-state index contributed by atoms with van der Waals surface area (Å²) in [6.07, 6.45) is 1.76. The Morgan fingerprint density at radius 2 is 1.31 bits per heavy atom. The van der Waals surface area contributed by atoms with Crippen molar-refractivity contribution in [1.82, 2.24) is 14.5 Å². The Kier molecular flexibility index (Phi) is 11.6. The van der Waals surface area contributed by atoms with E-state index in [-0.39, 0.29) is 42.9 Å². The molecule has 0 unspecified atom stereocenters. The number of hydrogen-bond donors (Lipinski definition) is 0. The molecule has 361 valence electrons. The Labute approximate surface area is 441 Å². The van der Waals surface area contributed by atoms with Gasteiger partial charge in [-0.3, -0.25) is 4.98 Å². The van der Waals surface area contributed by atoms with Gasteiger partial charge in [-0.05, 0) is 104 Å². The van der Waals surface area contributed by atoms with E-state index in [1.165, 1.54) is 39.4 Å². The van der Waals surface area contributed by atoms with Crippen LogP contribution in [0.2, 0.25) is 0 Å². The average molecular weight is 1120 g/mol. The molecule has 0 N–H and O–H groups in total. The average Bonchev–Trinajstić information content (AvgIpc) is 4.09. The molecule has 4 aromatic heterocycles. The normalized spacial score (nSPS) is 13.2. The molecule has 0 saturated heterocycles. The fraction of sp³-hybridized carbons (Fsp3) is 0.212. The van der Waals surface area contributed by atoms with Gasteiger partial charge in [-0.1, -0.05) is 165 Å². The van der Waals surface area contributed by atoms with Crippen LogP contribution in [0.3, 0.4) is 0 Å². The van der Waals surface area contributed by atoms with Crippen molar-refractivity contribution in [2.45, 2.75) is 92.3 Å². The number of pyridine rings is 1. The van der Waals surface area contributed by atoms with Crippen LogP contribution < -0.4 is 0 Å². The fourth-order valence-corrected chi connectivity index (χ4v) is 10.2. The van der Waals surface area contributed by atoms with Gasteiger partial charge in [0.25, 0.3) is 0 Å². The molecule has 12 rings (SSSR count). The summed E-state index contributed by atoms with van der Waals surface area (Å²) in [4.78, 5) is 9.94. The van der Waals surface area contributed by atoms with Crippen molar-refractivity contribution in [2.75, 3.05) is 0 Å². The van der Waals surface area contributed by atoms with Crippen molar-refractivity contribution >= 4 is 65.7 Å². The molecular weight excluding hydrogens is 1060 g/mol. The predicted molar refractivity (Wildman–Crippen MR) is 297 cm³/mol. The Bertz CT molecular complexity index is 4110. The number of fused-ring (bicyclic) bond motifs is 9. The molecule has 4 heterocycles. The van der Waals surface area contributed by atoms with Gasteiger partial charge in [0.05, 0.1) is 22.4 Å². The zero-order valence-corrected chi connectivity index (χ0v) is 44.6. The summed E-state index contributed by atoms with van der Waals surface area (Å²) in [6, 6.07) is 58.4. The van der Waals surface area contributed by atoms with Crippen LogP contribution in [-0.4, -0.2) is 14.5 Å². The third-order valence-corrected chi connectivity index (χ3v) is 13.8. The number of aromatic nitrogens is 3. The molecule has 0 saturated carbocycles. The van der Waals surface area contributed by atoms with E-state index in [1.807, 2.05) is 44.2 Å².